The van der Waals surface area contributed by atoms with Crippen molar-refractivity contribution in [3.05, 3.63) is 70.5 Å². The molecule has 21 heavy (non-hydrogen) atoms. The average Bonchev–Trinajstić information content (AvgIpc) is 2.53. The fourth-order valence-electron chi connectivity index (χ4n) is 1.95. The molecule has 0 aliphatic heterocycles. The number of halogens is 1. The van der Waals surface area contributed by atoms with Crippen LogP contribution in [0.2, 0.25) is 0 Å². The zero-order valence-electron chi connectivity index (χ0n) is 10.8. The highest BCUT2D eigenvalue weighted by molar-refractivity contribution is 9.10. The first-order valence-corrected chi connectivity index (χ1v) is 7.01. The van der Waals surface area contributed by atoms with Gasteiger partial charge in [-0.2, -0.15) is 0 Å². The second kappa shape index (κ2) is 5.54. The molecule has 0 fully saturated rings. The first-order chi connectivity index (χ1) is 10.1. The van der Waals surface area contributed by atoms with Crippen molar-refractivity contribution in [2.45, 2.75) is 0 Å². The molecule has 3 rings (SSSR count). The number of pyridine rings is 2. The van der Waals surface area contributed by atoms with E-state index in [9.17, 15) is 9.59 Å². The van der Waals surface area contributed by atoms with Gasteiger partial charge in [-0.15, -0.1) is 0 Å². The Hall–Kier alpha value is -2.40. The maximum Gasteiger partial charge on any atom is 0.251 e. The summed E-state index contributed by atoms with van der Waals surface area (Å²) < 4.78 is 0.765. The topological polar surface area (TPSA) is 59.9 Å². The monoisotopic (exact) mass is 340 g/mol. The van der Waals surface area contributed by atoms with Crippen LogP contribution in [0.4, 0.5) is 0 Å². The highest BCUT2D eigenvalue weighted by atomic mass is 79.9. The van der Waals surface area contributed by atoms with Gasteiger partial charge in [0.25, 0.3) is 5.78 Å². The Kier molecular flexibility index (Phi) is 3.58. The van der Waals surface area contributed by atoms with Gasteiger partial charge in [0.05, 0.1) is 11.0 Å². The number of benzene rings is 1. The Morgan fingerprint density at radius 3 is 2.43 bits per heavy atom. The maximum atomic E-state index is 12.2. The van der Waals surface area contributed by atoms with Gasteiger partial charge >= 0.3 is 0 Å². The van der Waals surface area contributed by atoms with Crippen LogP contribution in [0.5, 0.6) is 0 Å². The molecule has 0 amide bonds. The van der Waals surface area contributed by atoms with Gasteiger partial charge in [0.1, 0.15) is 5.69 Å². The van der Waals surface area contributed by atoms with Crippen LogP contribution in [0.3, 0.4) is 0 Å². The van der Waals surface area contributed by atoms with E-state index in [1.165, 1.54) is 6.07 Å². The molecule has 4 nitrogen and oxygen atoms in total. The number of hydrogen-bond donors (Lipinski definition) is 0. The summed E-state index contributed by atoms with van der Waals surface area (Å²) in [5.41, 5.74) is 1.71. The summed E-state index contributed by atoms with van der Waals surface area (Å²) in [6.07, 6.45) is 1.65. The van der Waals surface area contributed by atoms with E-state index in [-0.39, 0.29) is 5.69 Å². The molecule has 102 valence electrons. The molecule has 0 aliphatic carbocycles. The van der Waals surface area contributed by atoms with E-state index in [4.69, 9.17) is 0 Å². The third-order valence-corrected chi connectivity index (χ3v) is 3.41. The lowest BCUT2D eigenvalue weighted by Gasteiger charge is -2.02. The second-order valence-corrected chi connectivity index (χ2v) is 5.33. The lowest BCUT2D eigenvalue weighted by atomic mass is 10.0. The lowest BCUT2D eigenvalue weighted by molar-refractivity contribution is 0.0814. The van der Waals surface area contributed by atoms with Crippen LogP contribution in [0, 0.1) is 0 Å². The van der Waals surface area contributed by atoms with E-state index in [0.29, 0.717) is 16.6 Å². The third kappa shape index (κ3) is 2.73. The van der Waals surface area contributed by atoms with Gasteiger partial charge in [0.2, 0.25) is 5.78 Å². The molecule has 0 atom stereocenters. The molecule has 2 heterocycles. The largest absolute Gasteiger partial charge is 0.285 e. The lowest BCUT2D eigenvalue weighted by Crippen LogP contribution is -2.15. The summed E-state index contributed by atoms with van der Waals surface area (Å²) >= 11 is 3.31. The van der Waals surface area contributed by atoms with Gasteiger partial charge in [-0.3, -0.25) is 14.6 Å². The van der Waals surface area contributed by atoms with E-state index >= 15 is 0 Å². The molecular formula is C16H9BrN2O2. The number of carbonyl (C=O) groups is 2. The minimum atomic E-state index is -0.622. The normalized spacial score (nSPS) is 10.5. The van der Waals surface area contributed by atoms with Gasteiger partial charge in [-0.1, -0.05) is 30.3 Å². The van der Waals surface area contributed by atoms with E-state index in [1.807, 2.05) is 0 Å². The van der Waals surface area contributed by atoms with Crippen molar-refractivity contribution in [2.75, 3.05) is 0 Å². The van der Waals surface area contributed by atoms with E-state index in [1.54, 1.807) is 48.7 Å². The summed E-state index contributed by atoms with van der Waals surface area (Å²) in [5.74, 6) is -1.19. The number of hydrogen-bond acceptors (Lipinski definition) is 4. The highest BCUT2D eigenvalue weighted by Gasteiger charge is 2.19. The first-order valence-electron chi connectivity index (χ1n) is 6.21. The Bertz CT molecular complexity index is 847. The minimum absolute atomic E-state index is 0.122. The molecule has 0 spiro atoms. The van der Waals surface area contributed by atoms with E-state index in [2.05, 4.69) is 25.9 Å². The van der Waals surface area contributed by atoms with E-state index in [0.717, 1.165) is 4.47 Å². The van der Waals surface area contributed by atoms with Crippen LogP contribution in [-0.4, -0.2) is 21.5 Å². The summed E-state index contributed by atoms with van der Waals surface area (Å²) in [4.78, 5) is 32.8. The molecule has 3 aromatic rings. The molecule has 2 aromatic heterocycles. The maximum absolute atomic E-state index is 12.2. The quantitative estimate of drug-likeness (QED) is 0.541. The number of nitrogens with zero attached hydrogens (tertiary/aromatic N) is 2. The van der Waals surface area contributed by atoms with Gasteiger partial charge < -0.3 is 0 Å². The number of aromatic nitrogens is 2. The molecule has 0 aliphatic rings. The highest BCUT2D eigenvalue weighted by Crippen LogP contribution is 2.16. The third-order valence-electron chi connectivity index (χ3n) is 2.98. The summed E-state index contributed by atoms with van der Waals surface area (Å²) in [6.45, 7) is 0. The fraction of sp³-hybridized carbons (Fsp3) is 0. The number of Topliss-reactive ketones (excluding diaryl/α,β-unsaturated/α-hetero) is 2. The van der Waals surface area contributed by atoms with Crippen LogP contribution in [0.1, 0.15) is 20.8 Å². The predicted octanol–water partition coefficient (Wildman–Crippen LogP) is 3.46. The van der Waals surface area contributed by atoms with Crippen molar-refractivity contribution in [2.24, 2.45) is 0 Å². The minimum Gasteiger partial charge on any atom is -0.285 e. The van der Waals surface area contributed by atoms with Crippen LogP contribution >= 0.6 is 15.9 Å². The van der Waals surface area contributed by atoms with Gasteiger partial charge in [-0.05, 0) is 34.1 Å². The summed E-state index contributed by atoms with van der Waals surface area (Å²) in [7, 11) is 0. The van der Waals surface area contributed by atoms with Crippen molar-refractivity contribution in [1.82, 2.24) is 9.97 Å². The zero-order valence-corrected chi connectivity index (χ0v) is 12.4. The number of ketones is 2. The van der Waals surface area contributed by atoms with Crippen LogP contribution < -0.4 is 0 Å². The average molecular weight is 341 g/mol. The van der Waals surface area contributed by atoms with Crippen LogP contribution in [0.25, 0.3) is 11.0 Å². The number of fused-ring (bicyclic) bond motifs is 1. The molecule has 0 saturated heterocycles. The number of carbonyl (C=O) groups excluding carboxylic acids is 2. The fourth-order valence-corrected chi connectivity index (χ4v) is 2.26. The van der Waals surface area contributed by atoms with Gasteiger partial charge in [-0.25, -0.2) is 4.98 Å². The van der Waals surface area contributed by atoms with E-state index < -0.39 is 11.6 Å². The molecule has 0 N–H and O–H groups in total. The van der Waals surface area contributed by atoms with Crippen molar-refractivity contribution in [1.29, 1.82) is 0 Å². The summed E-state index contributed by atoms with van der Waals surface area (Å²) in [6, 6.07) is 13.4. The van der Waals surface area contributed by atoms with Gasteiger partial charge in [0.15, 0.2) is 0 Å². The smallest absolute Gasteiger partial charge is 0.251 e. The van der Waals surface area contributed by atoms with Crippen LogP contribution in [0.15, 0.2) is 59.2 Å². The SMILES string of the molecule is O=C(C(=O)c1ccc2ncc(Br)cc2n1)c1ccccc1. The van der Waals surface area contributed by atoms with Crippen molar-refractivity contribution < 1.29 is 9.59 Å². The Labute approximate surface area is 129 Å². The molecule has 0 saturated carbocycles. The first kappa shape index (κ1) is 13.6. The standard InChI is InChI=1S/C16H9BrN2O2/c17-11-8-14-12(18-9-11)6-7-13(19-14)16(21)15(20)10-4-2-1-3-5-10/h1-9H. The number of rotatable bonds is 3. The van der Waals surface area contributed by atoms with Crippen molar-refractivity contribution >= 4 is 38.5 Å². The second-order valence-electron chi connectivity index (χ2n) is 4.41. The van der Waals surface area contributed by atoms with Gasteiger partial charge in [0, 0.05) is 16.2 Å². The molecular weight excluding hydrogens is 332 g/mol. The summed E-state index contributed by atoms with van der Waals surface area (Å²) in [5, 5.41) is 0. The molecule has 0 bridgehead atoms. The molecule has 5 heteroatoms. The Balaban J connectivity index is 2.00. The Morgan fingerprint density at radius 2 is 1.67 bits per heavy atom. The zero-order chi connectivity index (χ0) is 14.8. The Morgan fingerprint density at radius 1 is 0.905 bits per heavy atom. The van der Waals surface area contributed by atoms with Crippen molar-refractivity contribution in [3.63, 3.8) is 0 Å². The van der Waals surface area contributed by atoms with Crippen molar-refractivity contribution in [3.8, 4) is 0 Å². The molecule has 0 unspecified atom stereocenters. The van der Waals surface area contributed by atoms with Crippen LogP contribution in [-0.2, 0) is 0 Å². The predicted molar refractivity (Wildman–Crippen MR) is 82.3 cm³/mol. The molecule has 0 radical (unpaired) electrons. The molecule has 1 aromatic carbocycles.